The Kier molecular flexibility index (Phi) is 6.84. The second kappa shape index (κ2) is 7.35. The second-order valence-electron chi connectivity index (χ2n) is 1.77. The van der Waals surface area contributed by atoms with Crippen LogP contribution in [-0.2, 0) is 9.53 Å². The molecule has 0 aliphatic carbocycles. The molecule has 11 heavy (non-hydrogen) atoms. The van der Waals surface area contributed by atoms with Gasteiger partial charge in [0.2, 0.25) is 0 Å². The van der Waals surface area contributed by atoms with Crippen molar-refractivity contribution in [1.82, 2.24) is 0 Å². The fourth-order valence-electron chi connectivity index (χ4n) is 0.425. The summed E-state index contributed by atoms with van der Waals surface area (Å²) in [6.45, 7) is 2.20. The van der Waals surface area contributed by atoms with Gasteiger partial charge in [0.15, 0.2) is 0 Å². The van der Waals surface area contributed by atoms with Gasteiger partial charge in [-0.05, 0) is 13.0 Å². The van der Waals surface area contributed by atoms with E-state index in [1.54, 1.807) is 6.08 Å². The largest absolute Gasteiger partial charge is 0.461 e. The Hall–Kier alpha value is -0.760. The Labute approximate surface area is 71.5 Å². The molecule has 0 saturated carbocycles. The Balaban J connectivity index is 3.33. The maximum absolute atomic E-state index is 10.4. The van der Waals surface area contributed by atoms with Crippen LogP contribution in [0, 0.1) is 0 Å². The third kappa shape index (κ3) is 7.13. The van der Waals surface area contributed by atoms with E-state index in [-0.39, 0.29) is 12.5 Å². The van der Waals surface area contributed by atoms with Crippen LogP contribution >= 0.6 is 11.6 Å². The molecular weight excluding hydrogens is 164 g/mol. The summed E-state index contributed by atoms with van der Waals surface area (Å²) in [7, 11) is 0. The van der Waals surface area contributed by atoms with Crippen molar-refractivity contribution in [2.45, 2.75) is 6.92 Å². The van der Waals surface area contributed by atoms with Gasteiger partial charge in [-0.15, -0.1) is 11.6 Å². The van der Waals surface area contributed by atoms with Gasteiger partial charge in [-0.2, -0.15) is 0 Å². The number of halogens is 1. The molecule has 0 aromatic carbocycles. The third-order valence-corrected chi connectivity index (χ3v) is 1.11. The SMILES string of the molecule is C/C=C/C=C/COC(=O)CCl. The first-order valence-electron chi connectivity index (χ1n) is 3.30. The molecule has 0 unspecified atom stereocenters. The van der Waals surface area contributed by atoms with Crippen LogP contribution in [0.4, 0.5) is 0 Å². The highest BCUT2D eigenvalue weighted by atomic mass is 35.5. The van der Waals surface area contributed by atoms with Gasteiger partial charge in [0.05, 0.1) is 0 Å². The van der Waals surface area contributed by atoms with Crippen LogP contribution in [0.3, 0.4) is 0 Å². The van der Waals surface area contributed by atoms with Gasteiger partial charge in [-0.3, -0.25) is 4.79 Å². The summed E-state index contributed by atoms with van der Waals surface area (Å²) in [4.78, 5) is 10.4. The van der Waals surface area contributed by atoms with E-state index in [1.165, 1.54) is 0 Å². The van der Waals surface area contributed by atoms with Crippen LogP contribution in [0.2, 0.25) is 0 Å². The first-order chi connectivity index (χ1) is 5.31. The quantitative estimate of drug-likeness (QED) is 0.370. The average molecular weight is 175 g/mol. The van der Waals surface area contributed by atoms with Gasteiger partial charge in [0.25, 0.3) is 0 Å². The molecule has 3 heteroatoms. The summed E-state index contributed by atoms with van der Waals surface area (Å²) < 4.78 is 4.65. The van der Waals surface area contributed by atoms with Crippen LogP contribution in [0.1, 0.15) is 6.92 Å². The number of carbonyl (C=O) groups excluding carboxylic acids is 1. The summed E-state index contributed by atoms with van der Waals surface area (Å²) in [5.41, 5.74) is 0. The van der Waals surface area contributed by atoms with Crippen molar-refractivity contribution >= 4 is 17.6 Å². The van der Waals surface area contributed by atoms with E-state index in [1.807, 2.05) is 25.2 Å². The topological polar surface area (TPSA) is 26.3 Å². The lowest BCUT2D eigenvalue weighted by Crippen LogP contribution is -2.04. The molecule has 0 atom stereocenters. The van der Waals surface area contributed by atoms with Gasteiger partial charge >= 0.3 is 5.97 Å². The van der Waals surface area contributed by atoms with Gasteiger partial charge in [-0.25, -0.2) is 0 Å². The molecule has 0 amide bonds. The maximum atomic E-state index is 10.4. The number of allylic oxidation sites excluding steroid dienone is 3. The molecule has 0 spiro atoms. The fraction of sp³-hybridized carbons (Fsp3) is 0.375. The minimum Gasteiger partial charge on any atom is -0.461 e. The summed E-state index contributed by atoms with van der Waals surface area (Å²) in [5, 5.41) is 0. The monoisotopic (exact) mass is 174 g/mol. The van der Waals surface area contributed by atoms with Crippen molar-refractivity contribution in [3.05, 3.63) is 24.3 Å². The van der Waals surface area contributed by atoms with Crippen LogP contribution in [-0.4, -0.2) is 18.5 Å². The van der Waals surface area contributed by atoms with Gasteiger partial charge in [0.1, 0.15) is 12.5 Å². The normalized spacial score (nSPS) is 11.1. The van der Waals surface area contributed by atoms with Crippen molar-refractivity contribution in [2.24, 2.45) is 0 Å². The number of esters is 1. The number of alkyl halides is 1. The van der Waals surface area contributed by atoms with Crippen LogP contribution < -0.4 is 0 Å². The van der Waals surface area contributed by atoms with E-state index in [4.69, 9.17) is 11.6 Å². The van der Waals surface area contributed by atoms with Crippen molar-refractivity contribution < 1.29 is 9.53 Å². The lowest BCUT2D eigenvalue weighted by Gasteiger charge is -1.94. The van der Waals surface area contributed by atoms with Crippen molar-refractivity contribution in [1.29, 1.82) is 0 Å². The number of hydrogen-bond acceptors (Lipinski definition) is 2. The van der Waals surface area contributed by atoms with E-state index in [0.29, 0.717) is 0 Å². The molecule has 62 valence electrons. The molecular formula is C8H11ClO2. The summed E-state index contributed by atoms with van der Waals surface area (Å²) in [6, 6.07) is 0. The Morgan fingerprint density at radius 2 is 2.27 bits per heavy atom. The Morgan fingerprint density at radius 3 is 2.82 bits per heavy atom. The molecule has 0 N–H and O–H groups in total. The zero-order chi connectivity index (χ0) is 8.53. The van der Waals surface area contributed by atoms with Crippen molar-refractivity contribution in [2.75, 3.05) is 12.5 Å². The number of carbonyl (C=O) groups is 1. The lowest BCUT2D eigenvalue weighted by molar-refractivity contribution is -0.139. The molecule has 0 aromatic heterocycles. The number of rotatable bonds is 4. The molecule has 0 fully saturated rings. The fourth-order valence-corrected chi connectivity index (χ4v) is 0.502. The van der Waals surface area contributed by atoms with Gasteiger partial charge in [-0.1, -0.05) is 18.2 Å². The molecule has 0 bridgehead atoms. The predicted octanol–water partition coefficient (Wildman–Crippen LogP) is 1.90. The van der Waals surface area contributed by atoms with E-state index in [9.17, 15) is 4.79 Å². The zero-order valence-electron chi connectivity index (χ0n) is 6.42. The zero-order valence-corrected chi connectivity index (χ0v) is 7.17. The molecule has 0 saturated heterocycles. The average Bonchev–Trinajstić information content (AvgIpc) is 2.04. The minimum absolute atomic E-state index is 0.0859. The standard InChI is InChI=1S/C8H11ClO2/c1-2-3-4-5-6-11-8(10)7-9/h2-5H,6-7H2,1H3/b3-2+,5-4+. The van der Waals surface area contributed by atoms with Crippen molar-refractivity contribution in [3.63, 3.8) is 0 Å². The molecule has 0 aliphatic rings. The van der Waals surface area contributed by atoms with Gasteiger partial charge < -0.3 is 4.74 Å². The van der Waals surface area contributed by atoms with Crippen molar-refractivity contribution in [3.8, 4) is 0 Å². The lowest BCUT2D eigenvalue weighted by atomic mass is 10.4. The van der Waals surface area contributed by atoms with E-state index < -0.39 is 5.97 Å². The molecule has 0 radical (unpaired) electrons. The van der Waals surface area contributed by atoms with Crippen LogP contribution in [0.5, 0.6) is 0 Å². The van der Waals surface area contributed by atoms with Crippen LogP contribution in [0.25, 0.3) is 0 Å². The Morgan fingerprint density at radius 1 is 1.55 bits per heavy atom. The first-order valence-corrected chi connectivity index (χ1v) is 3.84. The van der Waals surface area contributed by atoms with Crippen LogP contribution in [0.15, 0.2) is 24.3 Å². The van der Waals surface area contributed by atoms with E-state index in [0.717, 1.165) is 0 Å². The molecule has 0 rings (SSSR count). The molecule has 0 aliphatic heterocycles. The smallest absolute Gasteiger partial charge is 0.321 e. The second-order valence-corrected chi connectivity index (χ2v) is 2.04. The third-order valence-electron chi connectivity index (χ3n) is 0.889. The van der Waals surface area contributed by atoms with Gasteiger partial charge in [0, 0.05) is 0 Å². The van der Waals surface area contributed by atoms with E-state index in [2.05, 4.69) is 4.74 Å². The number of hydrogen-bond donors (Lipinski definition) is 0. The highest BCUT2D eigenvalue weighted by Gasteiger charge is 1.94. The summed E-state index contributed by atoms with van der Waals surface area (Å²) >= 11 is 5.18. The molecule has 0 aromatic rings. The predicted molar refractivity (Wildman–Crippen MR) is 45.6 cm³/mol. The maximum Gasteiger partial charge on any atom is 0.321 e. The molecule has 0 heterocycles. The first kappa shape index (κ1) is 10.2. The van der Waals surface area contributed by atoms with E-state index >= 15 is 0 Å². The number of ether oxygens (including phenoxy) is 1. The highest BCUT2D eigenvalue weighted by Crippen LogP contribution is 1.84. The molecule has 2 nitrogen and oxygen atoms in total. The minimum atomic E-state index is -0.392. The Bertz CT molecular complexity index is 161. The highest BCUT2D eigenvalue weighted by molar-refractivity contribution is 6.26. The summed E-state index contributed by atoms with van der Waals surface area (Å²) in [5.74, 6) is -0.478. The summed E-state index contributed by atoms with van der Waals surface area (Å²) in [6.07, 6.45) is 7.29.